The molecule has 0 unspecified atom stereocenters. The molecule has 9 heteroatoms. The third-order valence-corrected chi connectivity index (χ3v) is 8.71. The highest BCUT2D eigenvalue weighted by Gasteiger charge is 2.39. The Morgan fingerprint density at radius 2 is 1.62 bits per heavy atom. The minimum Gasteiger partial charge on any atom is -0.444 e. The van der Waals surface area contributed by atoms with Gasteiger partial charge in [0.1, 0.15) is 5.60 Å². The Bertz CT molecular complexity index is 519. The Labute approximate surface area is 147 Å². The minimum atomic E-state index is -3.59. The predicted octanol–water partition coefficient (Wildman–Crippen LogP) is 2.88. The second-order valence-corrected chi connectivity index (χ2v) is 14.8. The molecule has 0 aromatic heterocycles. The van der Waals surface area contributed by atoms with Crippen LogP contribution in [0.4, 0.5) is 4.79 Å². The molecule has 0 aliphatic rings. The molecule has 7 nitrogen and oxygen atoms in total. The van der Waals surface area contributed by atoms with Gasteiger partial charge in [0.15, 0.2) is 8.32 Å². The largest absolute Gasteiger partial charge is 0.444 e. The zero-order chi connectivity index (χ0) is 19.4. The second kappa shape index (κ2) is 8.16. The molecule has 0 radical (unpaired) electrons. The van der Waals surface area contributed by atoms with Crippen molar-refractivity contribution in [2.45, 2.75) is 71.4 Å². The van der Waals surface area contributed by atoms with Crippen molar-refractivity contribution in [1.29, 1.82) is 0 Å². The smallest absolute Gasteiger partial charge is 0.407 e. The van der Waals surface area contributed by atoms with E-state index in [0.717, 1.165) is 6.26 Å². The van der Waals surface area contributed by atoms with E-state index < -0.39 is 36.2 Å². The van der Waals surface area contributed by atoms with Gasteiger partial charge in [-0.2, -0.15) is 8.42 Å². The van der Waals surface area contributed by atoms with Crippen LogP contribution in [-0.2, 0) is 23.5 Å². The van der Waals surface area contributed by atoms with Crippen LogP contribution in [-0.4, -0.2) is 53.9 Å². The van der Waals surface area contributed by atoms with E-state index in [1.54, 1.807) is 20.8 Å². The van der Waals surface area contributed by atoms with Gasteiger partial charge in [0.2, 0.25) is 0 Å². The van der Waals surface area contributed by atoms with Crippen LogP contribution in [0.2, 0.25) is 18.1 Å². The summed E-state index contributed by atoms with van der Waals surface area (Å²) in [6, 6.07) is 0. The Hall–Kier alpha value is -0.643. The van der Waals surface area contributed by atoms with E-state index in [2.05, 4.69) is 26.1 Å². The zero-order valence-electron chi connectivity index (χ0n) is 16.3. The Morgan fingerprint density at radius 1 is 1.12 bits per heavy atom. The van der Waals surface area contributed by atoms with Gasteiger partial charge in [0, 0.05) is 6.54 Å². The van der Waals surface area contributed by atoms with Crippen molar-refractivity contribution in [3.8, 4) is 0 Å². The molecule has 0 rings (SSSR count). The van der Waals surface area contributed by atoms with Crippen LogP contribution in [0.5, 0.6) is 0 Å². The van der Waals surface area contributed by atoms with Gasteiger partial charge in [-0.05, 0) is 38.9 Å². The number of hydrogen-bond acceptors (Lipinski definition) is 6. The average Bonchev–Trinajstić information content (AvgIpc) is 2.27. The minimum absolute atomic E-state index is 0.0533. The normalized spacial score (nSPS) is 15.0. The molecule has 0 aromatic rings. The molecule has 0 saturated heterocycles. The van der Waals surface area contributed by atoms with Crippen molar-refractivity contribution in [2.75, 3.05) is 19.4 Å². The third-order valence-electron chi connectivity index (χ3n) is 3.61. The Morgan fingerprint density at radius 3 is 2.00 bits per heavy atom. The molecule has 0 spiro atoms. The van der Waals surface area contributed by atoms with E-state index in [0.29, 0.717) is 0 Å². The number of hydrogen-bond donors (Lipinski definition) is 1. The summed E-state index contributed by atoms with van der Waals surface area (Å²) in [5.41, 5.74) is -0.608. The fourth-order valence-electron chi connectivity index (χ4n) is 1.44. The van der Waals surface area contributed by atoms with E-state index in [4.69, 9.17) is 13.3 Å². The molecule has 0 bridgehead atoms. The molecule has 1 N–H and O–H groups in total. The molecule has 0 aromatic carbocycles. The van der Waals surface area contributed by atoms with Crippen molar-refractivity contribution in [3.05, 3.63) is 0 Å². The summed E-state index contributed by atoms with van der Waals surface area (Å²) in [6.45, 7) is 15.6. The van der Waals surface area contributed by atoms with Crippen molar-refractivity contribution >= 4 is 24.5 Å². The third kappa shape index (κ3) is 10.3. The van der Waals surface area contributed by atoms with Gasteiger partial charge in [0.05, 0.1) is 19.0 Å². The summed E-state index contributed by atoms with van der Waals surface area (Å²) >= 11 is 0. The number of alkyl carbamates (subject to hydrolysis) is 1. The lowest BCUT2D eigenvalue weighted by Gasteiger charge is -2.39. The van der Waals surface area contributed by atoms with Crippen LogP contribution in [0.1, 0.15) is 41.5 Å². The summed E-state index contributed by atoms with van der Waals surface area (Å²) < 4.78 is 38.7. The number of ether oxygens (including phenoxy) is 1. The highest BCUT2D eigenvalue weighted by Crippen LogP contribution is 2.37. The van der Waals surface area contributed by atoms with E-state index in [1.165, 1.54) is 0 Å². The molecular formula is C15H33NO6SSi. The van der Waals surface area contributed by atoms with Gasteiger partial charge in [-0.1, -0.05) is 20.8 Å². The summed E-state index contributed by atoms with van der Waals surface area (Å²) in [4.78, 5) is 11.8. The fourth-order valence-corrected chi connectivity index (χ4v) is 3.18. The maximum absolute atomic E-state index is 11.8. The maximum Gasteiger partial charge on any atom is 0.407 e. The van der Waals surface area contributed by atoms with Crippen molar-refractivity contribution in [3.63, 3.8) is 0 Å². The molecule has 24 heavy (non-hydrogen) atoms. The molecule has 0 heterocycles. The van der Waals surface area contributed by atoms with Crippen LogP contribution < -0.4 is 5.32 Å². The standard InChI is InChI=1S/C15H33NO6SSi/c1-14(2,3)21-13(17)16-10-12(11-20-23(7,18)19)22-24(8,9)15(4,5)6/h12H,10-11H2,1-9H3,(H,16,17)/t12-/m1/s1. The predicted molar refractivity (Wildman–Crippen MR) is 97.1 cm³/mol. The Kier molecular flexibility index (Phi) is 7.94. The van der Waals surface area contributed by atoms with Gasteiger partial charge in [0.25, 0.3) is 10.1 Å². The lowest BCUT2D eigenvalue weighted by molar-refractivity contribution is 0.0475. The quantitative estimate of drug-likeness (QED) is 0.537. The fraction of sp³-hybridized carbons (Fsp3) is 0.933. The molecule has 0 saturated carbocycles. The van der Waals surface area contributed by atoms with Gasteiger partial charge in [-0.3, -0.25) is 4.18 Å². The summed E-state index contributed by atoms with van der Waals surface area (Å²) in [5, 5.41) is 2.56. The number of carbonyl (C=O) groups excluding carboxylic acids is 1. The van der Waals surface area contributed by atoms with Gasteiger partial charge in [-0.15, -0.1) is 0 Å². The topological polar surface area (TPSA) is 90.9 Å². The highest BCUT2D eigenvalue weighted by molar-refractivity contribution is 7.85. The van der Waals surface area contributed by atoms with E-state index in [1.807, 2.05) is 13.1 Å². The first-order valence-corrected chi connectivity index (χ1v) is 12.6. The number of nitrogens with one attached hydrogen (secondary N) is 1. The molecule has 1 atom stereocenters. The molecular weight excluding hydrogens is 350 g/mol. The monoisotopic (exact) mass is 383 g/mol. The van der Waals surface area contributed by atoms with Crippen molar-refractivity contribution in [2.24, 2.45) is 0 Å². The SMILES string of the molecule is CC(C)(C)OC(=O)NC[C@H](COS(C)(=O)=O)O[Si](C)(C)C(C)(C)C. The van der Waals surface area contributed by atoms with Gasteiger partial charge >= 0.3 is 6.09 Å². The summed E-state index contributed by atoms with van der Waals surface area (Å²) in [7, 11) is -5.74. The van der Waals surface area contributed by atoms with Crippen LogP contribution >= 0.6 is 0 Å². The molecule has 0 fully saturated rings. The number of carbonyl (C=O) groups is 1. The summed E-state index contributed by atoms with van der Waals surface area (Å²) in [5.74, 6) is 0. The molecule has 0 aliphatic carbocycles. The Balaban J connectivity index is 4.91. The van der Waals surface area contributed by atoms with Crippen LogP contribution in [0, 0.1) is 0 Å². The zero-order valence-corrected chi connectivity index (χ0v) is 18.2. The van der Waals surface area contributed by atoms with Gasteiger partial charge < -0.3 is 14.5 Å². The van der Waals surface area contributed by atoms with Crippen LogP contribution in [0.25, 0.3) is 0 Å². The van der Waals surface area contributed by atoms with Gasteiger partial charge in [-0.25, -0.2) is 4.79 Å². The van der Waals surface area contributed by atoms with E-state index >= 15 is 0 Å². The summed E-state index contributed by atoms with van der Waals surface area (Å²) in [6.07, 6.45) is -0.170. The lowest BCUT2D eigenvalue weighted by Crippen LogP contribution is -2.49. The molecule has 144 valence electrons. The first-order valence-electron chi connectivity index (χ1n) is 7.92. The first kappa shape index (κ1) is 23.4. The van der Waals surface area contributed by atoms with E-state index in [-0.39, 0.29) is 18.2 Å². The second-order valence-electron chi connectivity index (χ2n) is 8.37. The van der Waals surface area contributed by atoms with Crippen molar-refractivity contribution in [1.82, 2.24) is 5.32 Å². The number of amides is 1. The van der Waals surface area contributed by atoms with Crippen LogP contribution in [0.15, 0.2) is 0 Å². The lowest BCUT2D eigenvalue weighted by atomic mass is 10.2. The molecule has 0 aliphatic heterocycles. The number of rotatable bonds is 7. The maximum atomic E-state index is 11.8. The first-order chi connectivity index (χ1) is 10.4. The average molecular weight is 384 g/mol. The van der Waals surface area contributed by atoms with Crippen LogP contribution in [0.3, 0.4) is 0 Å². The van der Waals surface area contributed by atoms with E-state index in [9.17, 15) is 13.2 Å². The molecule has 1 amide bonds. The van der Waals surface area contributed by atoms with Crippen molar-refractivity contribution < 1.29 is 26.6 Å². The highest BCUT2D eigenvalue weighted by atomic mass is 32.2.